The molecule has 0 saturated carbocycles. The molecule has 0 fully saturated rings. The van der Waals surface area contributed by atoms with Crippen LogP contribution in [0.15, 0.2) is 12.1 Å². The molecule has 0 unspecified atom stereocenters. The van der Waals surface area contributed by atoms with Crippen molar-refractivity contribution < 1.29 is 9.47 Å². The molecular formula is C14H22ClNO2. The zero-order chi connectivity index (χ0) is 13.7. The van der Waals surface area contributed by atoms with E-state index >= 15 is 0 Å². The minimum Gasteiger partial charge on any atom is -0.490 e. The van der Waals surface area contributed by atoms with Crippen molar-refractivity contribution in [2.24, 2.45) is 0 Å². The van der Waals surface area contributed by atoms with Crippen LogP contribution >= 0.6 is 11.6 Å². The molecule has 0 radical (unpaired) electrons. The average molecular weight is 272 g/mol. The Morgan fingerprint density at radius 2 is 1.89 bits per heavy atom. The smallest absolute Gasteiger partial charge is 0.180 e. The van der Waals surface area contributed by atoms with Gasteiger partial charge in [-0.25, -0.2) is 0 Å². The largest absolute Gasteiger partial charge is 0.490 e. The van der Waals surface area contributed by atoms with Crippen LogP contribution in [0.2, 0.25) is 5.02 Å². The Labute approximate surface area is 114 Å². The van der Waals surface area contributed by atoms with Crippen LogP contribution in [0.5, 0.6) is 11.5 Å². The first kappa shape index (κ1) is 15.0. The molecule has 0 aromatic heterocycles. The molecule has 3 nitrogen and oxygen atoms in total. The first-order valence-corrected chi connectivity index (χ1v) is 6.71. The normalized spacial score (nSPS) is 10.9. The molecule has 0 aliphatic heterocycles. The predicted molar refractivity (Wildman–Crippen MR) is 77.1 cm³/mol. The van der Waals surface area contributed by atoms with E-state index in [0.717, 1.165) is 5.69 Å². The summed E-state index contributed by atoms with van der Waals surface area (Å²) in [6.07, 6.45) is 0.0608. The third-order valence-corrected chi connectivity index (χ3v) is 2.40. The van der Waals surface area contributed by atoms with Crippen LogP contribution in [0.3, 0.4) is 0 Å². The van der Waals surface area contributed by atoms with Gasteiger partial charge in [-0.05, 0) is 40.7 Å². The molecule has 0 heterocycles. The minimum atomic E-state index is 0.0608. The standard InChI is InChI=1S/C14H22ClNO2/c1-6-17-13-8-11(16-9(2)3)7-12(15)14(13)18-10(4)5/h7-10,16H,6H2,1-5H3. The van der Waals surface area contributed by atoms with E-state index in [1.54, 1.807) is 0 Å². The van der Waals surface area contributed by atoms with Gasteiger partial charge in [0.1, 0.15) is 0 Å². The summed E-state index contributed by atoms with van der Waals surface area (Å²) in [5, 5.41) is 3.87. The summed E-state index contributed by atoms with van der Waals surface area (Å²) in [5.74, 6) is 1.30. The molecule has 1 rings (SSSR count). The molecule has 18 heavy (non-hydrogen) atoms. The Balaban J connectivity index is 3.09. The highest BCUT2D eigenvalue weighted by atomic mass is 35.5. The van der Waals surface area contributed by atoms with Crippen molar-refractivity contribution >= 4 is 17.3 Å². The molecule has 0 bridgehead atoms. The van der Waals surface area contributed by atoms with Gasteiger partial charge in [-0.3, -0.25) is 0 Å². The maximum Gasteiger partial charge on any atom is 0.180 e. The van der Waals surface area contributed by atoms with Crippen LogP contribution in [0.4, 0.5) is 5.69 Å². The number of nitrogens with one attached hydrogen (secondary N) is 1. The van der Waals surface area contributed by atoms with Gasteiger partial charge < -0.3 is 14.8 Å². The van der Waals surface area contributed by atoms with Gasteiger partial charge in [0.25, 0.3) is 0 Å². The van der Waals surface area contributed by atoms with Crippen LogP contribution in [0.1, 0.15) is 34.6 Å². The third-order valence-electron chi connectivity index (χ3n) is 2.12. The highest BCUT2D eigenvalue weighted by Gasteiger charge is 2.14. The van der Waals surface area contributed by atoms with E-state index in [2.05, 4.69) is 19.2 Å². The van der Waals surface area contributed by atoms with Crippen LogP contribution in [0, 0.1) is 0 Å². The van der Waals surface area contributed by atoms with E-state index in [4.69, 9.17) is 21.1 Å². The predicted octanol–water partition coefficient (Wildman–Crippen LogP) is 4.35. The number of rotatable bonds is 6. The third kappa shape index (κ3) is 4.30. The molecule has 102 valence electrons. The lowest BCUT2D eigenvalue weighted by molar-refractivity contribution is 0.224. The number of hydrogen-bond acceptors (Lipinski definition) is 3. The van der Waals surface area contributed by atoms with Crippen molar-refractivity contribution in [3.63, 3.8) is 0 Å². The van der Waals surface area contributed by atoms with E-state index in [1.165, 1.54) is 0 Å². The second-order valence-corrected chi connectivity index (χ2v) is 5.09. The van der Waals surface area contributed by atoms with Crippen LogP contribution in [-0.4, -0.2) is 18.8 Å². The summed E-state index contributed by atoms with van der Waals surface area (Å²) < 4.78 is 11.3. The Morgan fingerprint density at radius 3 is 2.39 bits per heavy atom. The number of anilines is 1. The second kappa shape index (κ2) is 6.74. The lowest BCUT2D eigenvalue weighted by atomic mass is 10.2. The molecule has 0 spiro atoms. The average Bonchev–Trinajstić information content (AvgIpc) is 2.22. The van der Waals surface area contributed by atoms with Gasteiger partial charge >= 0.3 is 0 Å². The number of ether oxygens (including phenoxy) is 2. The molecule has 0 saturated heterocycles. The summed E-state index contributed by atoms with van der Waals surface area (Å²) >= 11 is 6.25. The van der Waals surface area contributed by atoms with Gasteiger partial charge in [-0.15, -0.1) is 0 Å². The van der Waals surface area contributed by atoms with E-state index in [1.807, 2.05) is 32.9 Å². The Morgan fingerprint density at radius 1 is 1.22 bits per heavy atom. The van der Waals surface area contributed by atoms with Crippen LogP contribution < -0.4 is 14.8 Å². The second-order valence-electron chi connectivity index (χ2n) is 4.68. The summed E-state index contributed by atoms with van der Waals surface area (Å²) in [4.78, 5) is 0. The molecule has 1 aromatic rings. The summed E-state index contributed by atoms with van der Waals surface area (Å²) in [6, 6.07) is 4.13. The number of hydrogen-bond donors (Lipinski definition) is 1. The molecular weight excluding hydrogens is 250 g/mol. The quantitative estimate of drug-likeness (QED) is 0.835. The van der Waals surface area contributed by atoms with Gasteiger partial charge in [-0.1, -0.05) is 11.6 Å². The highest BCUT2D eigenvalue weighted by molar-refractivity contribution is 6.32. The molecule has 1 N–H and O–H groups in total. The van der Waals surface area contributed by atoms with E-state index < -0.39 is 0 Å². The fourth-order valence-electron chi connectivity index (χ4n) is 1.60. The lowest BCUT2D eigenvalue weighted by Crippen LogP contribution is -2.11. The first-order valence-electron chi connectivity index (χ1n) is 6.33. The van der Waals surface area contributed by atoms with Crippen molar-refractivity contribution in [3.8, 4) is 11.5 Å². The lowest BCUT2D eigenvalue weighted by Gasteiger charge is -2.18. The van der Waals surface area contributed by atoms with Crippen LogP contribution in [0.25, 0.3) is 0 Å². The minimum absolute atomic E-state index is 0.0608. The fourth-order valence-corrected chi connectivity index (χ4v) is 1.85. The maximum absolute atomic E-state index is 6.25. The van der Waals surface area contributed by atoms with E-state index in [-0.39, 0.29) is 6.10 Å². The topological polar surface area (TPSA) is 30.5 Å². The molecule has 0 amide bonds. The van der Waals surface area contributed by atoms with E-state index in [9.17, 15) is 0 Å². The van der Waals surface area contributed by atoms with Crippen molar-refractivity contribution in [1.29, 1.82) is 0 Å². The molecule has 0 atom stereocenters. The molecule has 0 aliphatic rings. The van der Waals surface area contributed by atoms with Gasteiger partial charge in [0.15, 0.2) is 11.5 Å². The zero-order valence-corrected chi connectivity index (χ0v) is 12.5. The molecule has 1 aromatic carbocycles. The number of benzene rings is 1. The summed E-state index contributed by atoms with van der Waals surface area (Å²) in [5.41, 5.74) is 0.939. The van der Waals surface area contributed by atoms with Gasteiger partial charge in [0.05, 0.1) is 17.7 Å². The molecule has 0 aliphatic carbocycles. The van der Waals surface area contributed by atoms with Crippen molar-refractivity contribution in [2.45, 2.75) is 46.8 Å². The molecule has 4 heteroatoms. The Kier molecular flexibility index (Phi) is 5.60. The van der Waals surface area contributed by atoms with Crippen LogP contribution in [-0.2, 0) is 0 Å². The monoisotopic (exact) mass is 271 g/mol. The Bertz CT molecular complexity index is 392. The van der Waals surface area contributed by atoms with Crippen molar-refractivity contribution in [3.05, 3.63) is 17.2 Å². The summed E-state index contributed by atoms with van der Waals surface area (Å²) in [7, 11) is 0. The van der Waals surface area contributed by atoms with Gasteiger partial charge in [-0.2, -0.15) is 0 Å². The van der Waals surface area contributed by atoms with E-state index in [0.29, 0.717) is 29.2 Å². The zero-order valence-electron chi connectivity index (χ0n) is 11.7. The van der Waals surface area contributed by atoms with Crippen molar-refractivity contribution in [2.75, 3.05) is 11.9 Å². The highest BCUT2D eigenvalue weighted by Crippen LogP contribution is 2.39. The summed E-state index contributed by atoms with van der Waals surface area (Å²) in [6.45, 7) is 10.6. The fraction of sp³-hybridized carbons (Fsp3) is 0.571. The number of halogens is 1. The van der Waals surface area contributed by atoms with Gasteiger partial charge in [0, 0.05) is 17.8 Å². The SMILES string of the molecule is CCOc1cc(NC(C)C)cc(Cl)c1OC(C)C. The van der Waals surface area contributed by atoms with Gasteiger partial charge in [0.2, 0.25) is 0 Å². The maximum atomic E-state index is 6.25. The van der Waals surface area contributed by atoms with Crippen molar-refractivity contribution in [1.82, 2.24) is 0 Å². The first-order chi connectivity index (χ1) is 8.43. The Hall–Kier alpha value is -1.09.